The third-order valence-corrected chi connectivity index (χ3v) is 1.95. The van der Waals surface area contributed by atoms with Gasteiger partial charge in [-0.25, -0.2) is 4.98 Å². The Bertz CT molecular complexity index is 453. The number of aryl methyl sites for hydroxylation is 1. The van der Waals surface area contributed by atoms with Gasteiger partial charge < -0.3 is 5.73 Å². The first-order chi connectivity index (χ1) is 6.77. The van der Waals surface area contributed by atoms with E-state index in [9.17, 15) is 0 Å². The van der Waals surface area contributed by atoms with Crippen molar-refractivity contribution in [2.75, 3.05) is 5.73 Å². The lowest BCUT2D eigenvalue weighted by atomic mass is 10.1. The second kappa shape index (κ2) is 3.41. The fourth-order valence-corrected chi connectivity index (χ4v) is 1.27. The van der Waals surface area contributed by atoms with Crippen LogP contribution < -0.4 is 5.73 Å². The summed E-state index contributed by atoms with van der Waals surface area (Å²) in [5, 5.41) is 0. The molecule has 70 valence electrons. The maximum absolute atomic E-state index is 5.56. The number of hydrogen-bond donors (Lipinski definition) is 1. The number of rotatable bonds is 1. The lowest BCUT2D eigenvalue weighted by molar-refractivity contribution is 1.19. The molecule has 2 aromatic rings. The monoisotopic (exact) mass is 186 g/mol. The van der Waals surface area contributed by atoms with Crippen LogP contribution in [0.2, 0.25) is 0 Å². The average molecular weight is 186 g/mol. The normalized spacial score (nSPS) is 10.1. The van der Waals surface area contributed by atoms with Gasteiger partial charge in [0.15, 0.2) is 0 Å². The van der Waals surface area contributed by atoms with Gasteiger partial charge in [-0.05, 0) is 18.6 Å². The summed E-state index contributed by atoms with van der Waals surface area (Å²) >= 11 is 0. The standard InChI is InChI=1S/C10H10N4/c1-7-4-12-3-2-8(7)9-5-13-6-10(11)14-9/h2-6H,1H3,(H2,11,14). The molecule has 0 aliphatic rings. The largest absolute Gasteiger partial charge is 0.382 e. The van der Waals surface area contributed by atoms with Crippen LogP contribution in [0.4, 0.5) is 5.82 Å². The van der Waals surface area contributed by atoms with E-state index in [1.165, 1.54) is 6.20 Å². The molecule has 0 unspecified atom stereocenters. The van der Waals surface area contributed by atoms with Gasteiger partial charge in [-0.15, -0.1) is 0 Å². The third-order valence-electron chi connectivity index (χ3n) is 1.95. The maximum Gasteiger partial charge on any atom is 0.142 e. The van der Waals surface area contributed by atoms with Gasteiger partial charge in [-0.2, -0.15) is 0 Å². The van der Waals surface area contributed by atoms with Crippen LogP contribution in [0.5, 0.6) is 0 Å². The minimum Gasteiger partial charge on any atom is -0.382 e. The number of hydrogen-bond acceptors (Lipinski definition) is 4. The predicted octanol–water partition coefficient (Wildman–Crippen LogP) is 1.43. The van der Waals surface area contributed by atoms with Crippen LogP contribution in [0, 0.1) is 6.92 Å². The second-order valence-corrected chi connectivity index (χ2v) is 3.02. The molecular weight excluding hydrogens is 176 g/mol. The zero-order valence-corrected chi connectivity index (χ0v) is 7.81. The third kappa shape index (κ3) is 1.54. The first-order valence-corrected chi connectivity index (χ1v) is 4.26. The fraction of sp³-hybridized carbons (Fsp3) is 0.100. The Morgan fingerprint density at radius 3 is 2.71 bits per heavy atom. The molecule has 0 radical (unpaired) electrons. The van der Waals surface area contributed by atoms with E-state index in [4.69, 9.17) is 5.73 Å². The van der Waals surface area contributed by atoms with Crippen molar-refractivity contribution >= 4 is 5.82 Å². The van der Waals surface area contributed by atoms with Crippen molar-refractivity contribution in [3.8, 4) is 11.3 Å². The first-order valence-electron chi connectivity index (χ1n) is 4.26. The molecule has 2 rings (SSSR count). The zero-order valence-electron chi connectivity index (χ0n) is 7.81. The minimum atomic E-state index is 0.429. The van der Waals surface area contributed by atoms with E-state index in [0.717, 1.165) is 16.8 Å². The predicted molar refractivity (Wildman–Crippen MR) is 54.4 cm³/mol. The number of aromatic nitrogens is 3. The summed E-state index contributed by atoms with van der Waals surface area (Å²) in [6, 6.07) is 1.90. The minimum absolute atomic E-state index is 0.429. The fourth-order valence-electron chi connectivity index (χ4n) is 1.27. The highest BCUT2D eigenvalue weighted by Crippen LogP contribution is 2.19. The molecule has 0 aliphatic heterocycles. The number of nitrogen functional groups attached to an aromatic ring is 1. The summed E-state index contributed by atoms with van der Waals surface area (Å²) in [7, 11) is 0. The van der Waals surface area contributed by atoms with Crippen molar-refractivity contribution in [3.05, 3.63) is 36.4 Å². The Balaban J connectivity index is 2.55. The molecule has 0 atom stereocenters. The highest BCUT2D eigenvalue weighted by molar-refractivity contribution is 5.62. The summed E-state index contributed by atoms with van der Waals surface area (Å²) in [6.45, 7) is 1.98. The van der Waals surface area contributed by atoms with E-state index in [1.54, 1.807) is 18.6 Å². The molecule has 0 aromatic carbocycles. The molecule has 0 fully saturated rings. The summed E-state index contributed by atoms with van der Waals surface area (Å²) < 4.78 is 0. The van der Waals surface area contributed by atoms with E-state index in [2.05, 4.69) is 15.0 Å². The molecule has 2 heterocycles. The Kier molecular flexibility index (Phi) is 2.10. The topological polar surface area (TPSA) is 64.7 Å². The van der Waals surface area contributed by atoms with Crippen LogP contribution in [0.15, 0.2) is 30.9 Å². The molecule has 4 heteroatoms. The van der Waals surface area contributed by atoms with Gasteiger partial charge in [-0.1, -0.05) is 0 Å². The van der Waals surface area contributed by atoms with Gasteiger partial charge in [0.2, 0.25) is 0 Å². The molecular formula is C10H10N4. The van der Waals surface area contributed by atoms with Crippen LogP contribution in [-0.4, -0.2) is 15.0 Å². The molecule has 2 aromatic heterocycles. The summed E-state index contributed by atoms with van der Waals surface area (Å²) in [6.07, 6.45) is 6.74. The van der Waals surface area contributed by atoms with Gasteiger partial charge in [0.25, 0.3) is 0 Å². The van der Waals surface area contributed by atoms with Gasteiger partial charge in [0.05, 0.1) is 18.1 Å². The molecule has 0 saturated heterocycles. The molecule has 2 N–H and O–H groups in total. The smallest absolute Gasteiger partial charge is 0.142 e. The van der Waals surface area contributed by atoms with E-state index < -0.39 is 0 Å². The van der Waals surface area contributed by atoms with Gasteiger partial charge >= 0.3 is 0 Å². The molecule has 4 nitrogen and oxygen atoms in total. The van der Waals surface area contributed by atoms with Crippen molar-refractivity contribution in [3.63, 3.8) is 0 Å². The summed E-state index contributed by atoms with van der Waals surface area (Å²) in [5.74, 6) is 0.429. The quantitative estimate of drug-likeness (QED) is 0.731. The Morgan fingerprint density at radius 2 is 2.00 bits per heavy atom. The number of nitrogens with two attached hydrogens (primary N) is 1. The van der Waals surface area contributed by atoms with Gasteiger partial charge in [0.1, 0.15) is 5.82 Å². The van der Waals surface area contributed by atoms with Gasteiger partial charge in [0, 0.05) is 18.0 Å². The average Bonchev–Trinajstić information content (AvgIpc) is 2.18. The maximum atomic E-state index is 5.56. The number of nitrogens with zero attached hydrogens (tertiary/aromatic N) is 3. The number of pyridine rings is 1. The van der Waals surface area contributed by atoms with E-state index in [-0.39, 0.29) is 0 Å². The van der Waals surface area contributed by atoms with Crippen molar-refractivity contribution in [1.82, 2.24) is 15.0 Å². The molecule has 14 heavy (non-hydrogen) atoms. The van der Waals surface area contributed by atoms with Crippen LogP contribution in [0.1, 0.15) is 5.56 Å². The van der Waals surface area contributed by atoms with Crippen LogP contribution in [-0.2, 0) is 0 Å². The van der Waals surface area contributed by atoms with Crippen molar-refractivity contribution in [1.29, 1.82) is 0 Å². The van der Waals surface area contributed by atoms with Crippen molar-refractivity contribution < 1.29 is 0 Å². The van der Waals surface area contributed by atoms with Crippen LogP contribution in [0.25, 0.3) is 11.3 Å². The SMILES string of the molecule is Cc1cnccc1-c1cncc(N)n1. The van der Waals surface area contributed by atoms with Crippen molar-refractivity contribution in [2.45, 2.75) is 6.92 Å². The first kappa shape index (κ1) is 8.62. The molecule has 0 amide bonds. The Hall–Kier alpha value is -1.97. The molecule has 0 aliphatic carbocycles. The van der Waals surface area contributed by atoms with Crippen molar-refractivity contribution in [2.24, 2.45) is 0 Å². The summed E-state index contributed by atoms with van der Waals surface area (Å²) in [5.41, 5.74) is 8.42. The highest BCUT2D eigenvalue weighted by Gasteiger charge is 2.02. The van der Waals surface area contributed by atoms with E-state index in [1.807, 2.05) is 13.0 Å². The molecule has 0 bridgehead atoms. The molecule has 0 saturated carbocycles. The van der Waals surface area contributed by atoms with Crippen LogP contribution >= 0.6 is 0 Å². The lowest BCUT2D eigenvalue weighted by Gasteiger charge is -2.03. The Morgan fingerprint density at radius 1 is 1.14 bits per heavy atom. The lowest BCUT2D eigenvalue weighted by Crippen LogP contribution is -1.94. The van der Waals surface area contributed by atoms with E-state index in [0.29, 0.717) is 5.82 Å². The Labute approximate surface area is 81.9 Å². The summed E-state index contributed by atoms with van der Waals surface area (Å²) in [4.78, 5) is 12.2. The van der Waals surface area contributed by atoms with Crippen LogP contribution in [0.3, 0.4) is 0 Å². The molecule has 0 spiro atoms. The zero-order chi connectivity index (χ0) is 9.97. The number of anilines is 1. The highest BCUT2D eigenvalue weighted by atomic mass is 14.9. The van der Waals surface area contributed by atoms with E-state index >= 15 is 0 Å². The van der Waals surface area contributed by atoms with Gasteiger partial charge in [-0.3, -0.25) is 9.97 Å². The second-order valence-electron chi connectivity index (χ2n) is 3.02.